The van der Waals surface area contributed by atoms with Gasteiger partial charge in [0.15, 0.2) is 0 Å². The second-order valence-corrected chi connectivity index (χ2v) is 7.50. The van der Waals surface area contributed by atoms with Crippen molar-refractivity contribution in [2.24, 2.45) is 0 Å². The zero-order valence-corrected chi connectivity index (χ0v) is 16.8. The number of benzene rings is 1. The van der Waals surface area contributed by atoms with Crippen LogP contribution in [0.25, 0.3) is 10.9 Å². The molecule has 0 atom stereocenters. The van der Waals surface area contributed by atoms with Gasteiger partial charge < -0.3 is 19.1 Å². The van der Waals surface area contributed by atoms with Gasteiger partial charge in [-0.05, 0) is 19.9 Å². The molecule has 0 unspecified atom stereocenters. The number of morpholine rings is 1. The molecule has 0 bridgehead atoms. The monoisotopic (exact) mass is 389 g/mol. The van der Waals surface area contributed by atoms with Crippen LogP contribution in [-0.4, -0.2) is 71.3 Å². The summed E-state index contributed by atoms with van der Waals surface area (Å²) < 4.78 is 7.32. The van der Waals surface area contributed by atoms with E-state index in [1.54, 1.807) is 11.8 Å². The molecule has 2 heterocycles. The van der Waals surface area contributed by atoms with E-state index in [2.05, 4.69) is 6.07 Å². The Kier molecular flexibility index (Phi) is 6.79. The maximum Gasteiger partial charge on any atom is 0.242 e. The molecule has 27 heavy (non-hydrogen) atoms. The molecule has 1 aliphatic heterocycles. The van der Waals surface area contributed by atoms with Crippen molar-refractivity contribution < 1.29 is 14.3 Å². The van der Waals surface area contributed by atoms with Crippen molar-refractivity contribution in [1.29, 1.82) is 0 Å². The number of thioether (sulfide) groups is 1. The zero-order chi connectivity index (χ0) is 19.2. The van der Waals surface area contributed by atoms with Crippen LogP contribution in [0, 0.1) is 0 Å². The first-order chi connectivity index (χ1) is 13.1. The molecule has 0 spiro atoms. The first kappa shape index (κ1) is 19.8. The first-order valence-corrected chi connectivity index (χ1v) is 10.5. The first-order valence-electron chi connectivity index (χ1n) is 9.48. The normalized spacial score (nSPS) is 14.5. The third kappa shape index (κ3) is 4.65. The van der Waals surface area contributed by atoms with Crippen LogP contribution in [0.5, 0.6) is 0 Å². The van der Waals surface area contributed by atoms with Crippen molar-refractivity contribution >= 4 is 34.5 Å². The highest BCUT2D eigenvalue weighted by atomic mass is 32.2. The van der Waals surface area contributed by atoms with Gasteiger partial charge in [-0.15, -0.1) is 11.8 Å². The van der Waals surface area contributed by atoms with Gasteiger partial charge in [0.25, 0.3) is 0 Å². The van der Waals surface area contributed by atoms with Crippen molar-refractivity contribution in [1.82, 2.24) is 14.4 Å². The van der Waals surface area contributed by atoms with Crippen LogP contribution in [0.4, 0.5) is 0 Å². The fraction of sp³-hybridized carbons (Fsp3) is 0.500. The highest BCUT2D eigenvalue weighted by Gasteiger charge is 2.19. The zero-order valence-electron chi connectivity index (χ0n) is 16.0. The van der Waals surface area contributed by atoms with Gasteiger partial charge in [0.2, 0.25) is 11.8 Å². The van der Waals surface area contributed by atoms with E-state index < -0.39 is 0 Å². The van der Waals surface area contributed by atoms with Crippen LogP contribution in [-0.2, 0) is 20.9 Å². The third-order valence-corrected chi connectivity index (χ3v) is 5.92. The van der Waals surface area contributed by atoms with E-state index in [9.17, 15) is 9.59 Å². The number of para-hydroxylation sites is 1. The molecule has 1 saturated heterocycles. The summed E-state index contributed by atoms with van der Waals surface area (Å²) in [7, 11) is 0. The number of fused-ring (bicyclic) bond motifs is 1. The quantitative estimate of drug-likeness (QED) is 0.683. The lowest BCUT2D eigenvalue weighted by atomic mass is 10.2. The number of hydrogen-bond acceptors (Lipinski definition) is 4. The molecule has 0 aliphatic carbocycles. The molecule has 3 rings (SSSR count). The number of carbonyl (C=O) groups excluding carboxylic acids is 2. The summed E-state index contributed by atoms with van der Waals surface area (Å²) in [5.41, 5.74) is 1.02. The molecule has 146 valence electrons. The molecule has 6 nitrogen and oxygen atoms in total. The van der Waals surface area contributed by atoms with Gasteiger partial charge >= 0.3 is 0 Å². The number of aromatic nitrogens is 1. The maximum atomic E-state index is 12.6. The Labute approximate surface area is 164 Å². The smallest absolute Gasteiger partial charge is 0.242 e. The minimum absolute atomic E-state index is 0.106. The van der Waals surface area contributed by atoms with Gasteiger partial charge in [-0.3, -0.25) is 9.59 Å². The standard InChI is InChI=1S/C20H27N3O3S/c1-3-21(4-2)20(25)15-27-18-13-23(17-8-6-5-7-16(17)18)14-19(24)22-9-11-26-12-10-22/h5-8,13H,3-4,9-12,14-15H2,1-2H3. The van der Waals surface area contributed by atoms with E-state index in [1.165, 1.54) is 0 Å². The Morgan fingerprint density at radius 3 is 2.56 bits per heavy atom. The Morgan fingerprint density at radius 2 is 1.85 bits per heavy atom. The molecule has 0 N–H and O–H groups in total. The molecular weight excluding hydrogens is 362 g/mol. The Bertz CT molecular complexity index is 795. The van der Waals surface area contributed by atoms with E-state index in [0.29, 0.717) is 38.6 Å². The van der Waals surface area contributed by atoms with Crippen LogP contribution < -0.4 is 0 Å². The fourth-order valence-corrected chi connectivity index (χ4v) is 4.32. The number of hydrogen-bond donors (Lipinski definition) is 0. The molecule has 0 saturated carbocycles. The van der Waals surface area contributed by atoms with Gasteiger partial charge in [-0.1, -0.05) is 18.2 Å². The maximum absolute atomic E-state index is 12.6. The van der Waals surface area contributed by atoms with E-state index in [-0.39, 0.29) is 11.8 Å². The largest absolute Gasteiger partial charge is 0.378 e. The predicted molar refractivity (Wildman–Crippen MR) is 108 cm³/mol. The minimum Gasteiger partial charge on any atom is -0.378 e. The van der Waals surface area contributed by atoms with Crippen molar-refractivity contribution in [3.05, 3.63) is 30.5 Å². The summed E-state index contributed by atoms with van der Waals surface area (Å²) in [6.45, 7) is 8.27. The van der Waals surface area contributed by atoms with E-state index in [0.717, 1.165) is 28.9 Å². The van der Waals surface area contributed by atoms with Crippen LogP contribution in [0.1, 0.15) is 13.8 Å². The third-order valence-electron chi connectivity index (χ3n) is 4.89. The average molecular weight is 390 g/mol. The number of amides is 2. The van der Waals surface area contributed by atoms with Crippen LogP contribution in [0.3, 0.4) is 0 Å². The van der Waals surface area contributed by atoms with E-state index in [4.69, 9.17) is 4.74 Å². The number of carbonyl (C=O) groups is 2. The molecule has 7 heteroatoms. The summed E-state index contributed by atoms with van der Waals surface area (Å²) in [4.78, 5) is 29.7. The van der Waals surface area contributed by atoms with Crippen molar-refractivity contribution in [2.45, 2.75) is 25.3 Å². The predicted octanol–water partition coefficient (Wildman–Crippen LogP) is 2.46. The summed E-state index contributed by atoms with van der Waals surface area (Å²) in [5.74, 6) is 0.661. The summed E-state index contributed by atoms with van der Waals surface area (Å²) in [6.07, 6.45) is 2.00. The second kappa shape index (κ2) is 9.28. The molecule has 2 aromatic rings. The van der Waals surface area contributed by atoms with E-state index >= 15 is 0 Å². The number of ether oxygens (including phenoxy) is 1. The molecule has 1 aromatic carbocycles. The van der Waals surface area contributed by atoms with Crippen LogP contribution in [0.2, 0.25) is 0 Å². The Balaban J connectivity index is 1.75. The topological polar surface area (TPSA) is 54.8 Å². The summed E-state index contributed by atoms with van der Waals surface area (Å²) in [5, 5.41) is 1.09. The van der Waals surface area contributed by atoms with E-state index in [1.807, 2.05) is 52.6 Å². The average Bonchev–Trinajstić information content (AvgIpc) is 3.05. The lowest BCUT2D eigenvalue weighted by Crippen LogP contribution is -2.42. The molecule has 1 fully saturated rings. The Hall–Kier alpha value is -1.99. The van der Waals surface area contributed by atoms with Crippen LogP contribution in [0.15, 0.2) is 35.4 Å². The molecule has 0 radical (unpaired) electrons. The summed E-state index contributed by atoms with van der Waals surface area (Å²) in [6, 6.07) is 8.05. The molecule has 2 amide bonds. The number of nitrogens with zero attached hydrogens (tertiary/aromatic N) is 3. The SMILES string of the molecule is CCN(CC)C(=O)CSc1cn(CC(=O)N2CCOCC2)c2ccccc12. The lowest BCUT2D eigenvalue weighted by Gasteiger charge is -2.27. The van der Waals surface area contributed by atoms with Gasteiger partial charge in [0, 0.05) is 48.2 Å². The van der Waals surface area contributed by atoms with Gasteiger partial charge in [-0.25, -0.2) is 0 Å². The number of rotatable bonds is 7. The van der Waals surface area contributed by atoms with Gasteiger partial charge in [0.05, 0.1) is 19.0 Å². The minimum atomic E-state index is 0.106. The highest BCUT2D eigenvalue weighted by molar-refractivity contribution is 8.00. The molecular formula is C20H27N3O3S. The second-order valence-electron chi connectivity index (χ2n) is 6.49. The van der Waals surface area contributed by atoms with Crippen molar-refractivity contribution in [3.63, 3.8) is 0 Å². The molecule has 1 aliphatic rings. The van der Waals surface area contributed by atoms with Crippen molar-refractivity contribution in [3.8, 4) is 0 Å². The Morgan fingerprint density at radius 1 is 1.15 bits per heavy atom. The summed E-state index contributed by atoms with van der Waals surface area (Å²) >= 11 is 1.54. The van der Waals surface area contributed by atoms with Gasteiger partial charge in [0.1, 0.15) is 6.54 Å². The lowest BCUT2D eigenvalue weighted by molar-refractivity contribution is -0.135. The fourth-order valence-electron chi connectivity index (χ4n) is 3.32. The van der Waals surface area contributed by atoms with Crippen molar-refractivity contribution in [2.75, 3.05) is 45.1 Å². The van der Waals surface area contributed by atoms with Crippen LogP contribution >= 0.6 is 11.8 Å². The highest BCUT2D eigenvalue weighted by Crippen LogP contribution is 2.30. The van der Waals surface area contributed by atoms with Gasteiger partial charge in [-0.2, -0.15) is 0 Å². The molecule has 1 aromatic heterocycles.